The van der Waals surface area contributed by atoms with Gasteiger partial charge < -0.3 is 14.9 Å². The Labute approximate surface area is 175 Å². The Balaban J connectivity index is 1.47. The third-order valence-corrected chi connectivity index (χ3v) is 4.55. The normalized spacial score (nSPS) is 11.0. The van der Waals surface area contributed by atoms with E-state index in [1.54, 1.807) is 12.4 Å². The monoisotopic (exact) mass is 401 g/mol. The Morgan fingerprint density at radius 2 is 1.70 bits per heavy atom. The number of anilines is 1. The molecule has 0 spiro atoms. The van der Waals surface area contributed by atoms with Crippen molar-refractivity contribution in [2.24, 2.45) is 0 Å². The predicted molar refractivity (Wildman–Crippen MR) is 115 cm³/mol. The van der Waals surface area contributed by atoms with Crippen LogP contribution in [-0.2, 0) is 13.1 Å². The van der Waals surface area contributed by atoms with Crippen molar-refractivity contribution in [1.82, 2.24) is 19.9 Å². The first-order valence-electron chi connectivity index (χ1n) is 9.61. The van der Waals surface area contributed by atoms with Crippen LogP contribution in [0, 0.1) is 6.92 Å². The molecule has 0 aliphatic rings. The van der Waals surface area contributed by atoms with Gasteiger partial charge in [-0.3, -0.25) is 4.90 Å². The summed E-state index contributed by atoms with van der Waals surface area (Å²) in [4.78, 5) is 14.9. The Kier molecular flexibility index (Phi) is 5.72. The van der Waals surface area contributed by atoms with Crippen molar-refractivity contribution >= 4 is 5.95 Å². The molecule has 0 amide bonds. The van der Waals surface area contributed by atoms with E-state index < -0.39 is 0 Å². The predicted octanol–water partition coefficient (Wildman–Crippen LogP) is 4.45. The molecule has 2 N–H and O–H groups in total. The Hall–Kier alpha value is -3.71. The molecule has 7 heteroatoms. The number of aryl methyl sites for hydroxylation is 1. The van der Waals surface area contributed by atoms with Gasteiger partial charge in [-0.15, -0.1) is 0 Å². The number of nitrogens with zero attached hydrogens (tertiary/aromatic N) is 4. The van der Waals surface area contributed by atoms with Crippen LogP contribution in [0.1, 0.15) is 17.0 Å². The van der Waals surface area contributed by atoms with Gasteiger partial charge in [0, 0.05) is 36.6 Å². The molecule has 0 aliphatic heterocycles. The fourth-order valence-corrected chi connectivity index (χ4v) is 3.09. The van der Waals surface area contributed by atoms with Gasteiger partial charge in [-0.2, -0.15) is 0 Å². The number of hydrogen-bond donors (Lipinski definition) is 1. The topological polar surface area (TPSA) is 90.3 Å². The molecule has 0 radical (unpaired) electrons. The van der Waals surface area contributed by atoms with E-state index >= 15 is 0 Å². The number of nitrogen functional groups attached to an aromatic ring is 1. The molecule has 2 heterocycles. The average Bonchev–Trinajstić information content (AvgIpc) is 3.11. The van der Waals surface area contributed by atoms with Crippen LogP contribution >= 0.6 is 0 Å². The van der Waals surface area contributed by atoms with E-state index in [4.69, 9.17) is 19.9 Å². The Morgan fingerprint density at radius 3 is 2.47 bits per heavy atom. The maximum Gasteiger partial charge on any atom is 0.226 e. The minimum Gasteiger partial charge on any atom is -0.457 e. The number of oxazole rings is 1. The van der Waals surface area contributed by atoms with Gasteiger partial charge in [-0.1, -0.05) is 24.3 Å². The van der Waals surface area contributed by atoms with E-state index in [1.807, 2.05) is 68.6 Å². The van der Waals surface area contributed by atoms with Crippen LogP contribution in [0.2, 0.25) is 0 Å². The third kappa shape index (κ3) is 4.82. The second-order valence-electron chi connectivity index (χ2n) is 7.09. The van der Waals surface area contributed by atoms with Gasteiger partial charge in [-0.05, 0) is 44.3 Å². The summed E-state index contributed by atoms with van der Waals surface area (Å²) in [6.07, 6.45) is 3.47. The van der Waals surface area contributed by atoms with Gasteiger partial charge >= 0.3 is 0 Å². The maximum absolute atomic E-state index is 5.94. The van der Waals surface area contributed by atoms with E-state index in [-0.39, 0.29) is 5.95 Å². The number of para-hydroxylation sites is 1. The van der Waals surface area contributed by atoms with Gasteiger partial charge in [0.25, 0.3) is 0 Å². The smallest absolute Gasteiger partial charge is 0.226 e. The van der Waals surface area contributed by atoms with E-state index in [1.165, 1.54) is 0 Å². The SMILES string of the molecule is Cc1oc(-c2cccc(Oc3ccccc3)c2)nc1CN(C)Cc1cnc(N)nc1. The van der Waals surface area contributed by atoms with Crippen LogP contribution in [0.3, 0.4) is 0 Å². The number of nitrogens with two attached hydrogens (primary N) is 1. The number of ether oxygens (including phenoxy) is 1. The minimum atomic E-state index is 0.275. The van der Waals surface area contributed by atoms with Crippen molar-refractivity contribution in [2.75, 3.05) is 12.8 Å². The first kappa shape index (κ1) is 19.6. The first-order chi connectivity index (χ1) is 14.6. The van der Waals surface area contributed by atoms with Crippen LogP contribution in [-0.4, -0.2) is 26.9 Å². The summed E-state index contributed by atoms with van der Waals surface area (Å²) in [6, 6.07) is 17.4. The maximum atomic E-state index is 5.94. The summed E-state index contributed by atoms with van der Waals surface area (Å²) in [5.41, 5.74) is 8.29. The average molecular weight is 401 g/mol. The summed E-state index contributed by atoms with van der Waals surface area (Å²) in [7, 11) is 2.01. The molecule has 30 heavy (non-hydrogen) atoms. The third-order valence-electron chi connectivity index (χ3n) is 4.55. The van der Waals surface area contributed by atoms with Crippen LogP contribution in [0.4, 0.5) is 5.95 Å². The van der Waals surface area contributed by atoms with E-state index in [0.717, 1.165) is 34.1 Å². The number of hydrogen-bond acceptors (Lipinski definition) is 7. The summed E-state index contributed by atoms with van der Waals surface area (Å²) in [5, 5.41) is 0. The van der Waals surface area contributed by atoms with E-state index in [0.29, 0.717) is 19.0 Å². The second-order valence-corrected chi connectivity index (χ2v) is 7.09. The fraction of sp³-hybridized carbons (Fsp3) is 0.174. The molecule has 0 saturated carbocycles. The molecule has 0 saturated heterocycles. The second kappa shape index (κ2) is 8.75. The molecule has 0 atom stereocenters. The molecule has 152 valence electrons. The molecule has 4 aromatic rings. The zero-order valence-corrected chi connectivity index (χ0v) is 16.9. The lowest BCUT2D eigenvalue weighted by Crippen LogP contribution is -2.18. The molecule has 2 aromatic carbocycles. The summed E-state index contributed by atoms with van der Waals surface area (Å²) >= 11 is 0. The molecule has 0 unspecified atom stereocenters. The van der Waals surface area contributed by atoms with Crippen molar-refractivity contribution < 1.29 is 9.15 Å². The highest BCUT2D eigenvalue weighted by Gasteiger charge is 2.14. The summed E-state index contributed by atoms with van der Waals surface area (Å²) in [5.74, 6) is 3.16. The molecular formula is C23H23N5O2. The molecular weight excluding hydrogens is 378 g/mol. The number of aromatic nitrogens is 3. The van der Waals surface area contributed by atoms with Gasteiger partial charge in [0.15, 0.2) is 0 Å². The molecule has 4 rings (SSSR count). The van der Waals surface area contributed by atoms with Crippen molar-refractivity contribution in [3.8, 4) is 23.0 Å². The largest absolute Gasteiger partial charge is 0.457 e. The lowest BCUT2D eigenvalue weighted by atomic mass is 10.2. The van der Waals surface area contributed by atoms with Crippen LogP contribution < -0.4 is 10.5 Å². The minimum absolute atomic E-state index is 0.275. The fourth-order valence-electron chi connectivity index (χ4n) is 3.09. The van der Waals surface area contributed by atoms with E-state index in [9.17, 15) is 0 Å². The molecule has 0 bridgehead atoms. The van der Waals surface area contributed by atoms with Crippen molar-refractivity contribution in [3.05, 3.63) is 84.0 Å². The van der Waals surface area contributed by atoms with Gasteiger partial charge in [-0.25, -0.2) is 15.0 Å². The lowest BCUT2D eigenvalue weighted by molar-refractivity contribution is 0.312. The van der Waals surface area contributed by atoms with Crippen molar-refractivity contribution in [3.63, 3.8) is 0 Å². The molecule has 7 nitrogen and oxygen atoms in total. The van der Waals surface area contributed by atoms with Gasteiger partial charge in [0.1, 0.15) is 17.3 Å². The molecule has 0 fully saturated rings. The van der Waals surface area contributed by atoms with Crippen LogP contribution in [0.15, 0.2) is 71.4 Å². The highest BCUT2D eigenvalue weighted by atomic mass is 16.5. The Morgan fingerprint density at radius 1 is 0.967 bits per heavy atom. The standard InChI is InChI=1S/C23H23N5O2/c1-16-21(15-28(2)14-17-12-25-23(24)26-13-17)27-22(29-16)18-7-6-10-20(11-18)30-19-8-4-3-5-9-19/h3-13H,14-15H2,1-2H3,(H2,24,25,26). The zero-order chi connectivity index (χ0) is 20.9. The van der Waals surface area contributed by atoms with Crippen molar-refractivity contribution in [1.29, 1.82) is 0 Å². The van der Waals surface area contributed by atoms with Crippen molar-refractivity contribution in [2.45, 2.75) is 20.0 Å². The Bertz CT molecular complexity index is 1110. The zero-order valence-electron chi connectivity index (χ0n) is 16.9. The number of benzene rings is 2. The molecule has 0 aliphatic carbocycles. The van der Waals surface area contributed by atoms with Crippen LogP contribution in [0.25, 0.3) is 11.5 Å². The van der Waals surface area contributed by atoms with E-state index in [2.05, 4.69) is 14.9 Å². The summed E-state index contributed by atoms with van der Waals surface area (Å²) in [6.45, 7) is 3.25. The highest BCUT2D eigenvalue weighted by Crippen LogP contribution is 2.28. The quantitative estimate of drug-likeness (QED) is 0.489. The number of rotatable bonds is 7. The van der Waals surface area contributed by atoms with Gasteiger partial charge in [0.05, 0.1) is 5.69 Å². The lowest BCUT2D eigenvalue weighted by Gasteiger charge is -2.14. The van der Waals surface area contributed by atoms with Gasteiger partial charge in [0.2, 0.25) is 11.8 Å². The first-order valence-corrected chi connectivity index (χ1v) is 9.61. The summed E-state index contributed by atoms with van der Waals surface area (Å²) < 4.78 is 11.9. The highest BCUT2D eigenvalue weighted by molar-refractivity contribution is 5.57. The van der Waals surface area contributed by atoms with Crippen LogP contribution in [0.5, 0.6) is 11.5 Å². The molecule has 2 aromatic heterocycles.